The molecule has 1 amide bonds. The highest BCUT2D eigenvalue weighted by atomic mass is 32.2. The zero-order chi connectivity index (χ0) is 36.4. The highest BCUT2D eigenvalue weighted by molar-refractivity contribution is 7.99. The van der Waals surface area contributed by atoms with Gasteiger partial charge in [0.1, 0.15) is 12.3 Å². The number of amides is 1. The van der Waals surface area contributed by atoms with Crippen LogP contribution in [0.4, 0.5) is 4.79 Å². The summed E-state index contributed by atoms with van der Waals surface area (Å²) >= 11 is 1.53. The van der Waals surface area contributed by atoms with E-state index in [1.807, 2.05) is 127 Å². The van der Waals surface area contributed by atoms with Gasteiger partial charge in [0, 0.05) is 35.4 Å². The number of nitrogens with zero attached hydrogens (tertiary/aromatic N) is 1. The first-order valence-corrected chi connectivity index (χ1v) is 18.5. The fourth-order valence-electron chi connectivity index (χ4n) is 6.21. The van der Waals surface area contributed by atoms with E-state index in [0.29, 0.717) is 23.9 Å². The van der Waals surface area contributed by atoms with Crippen LogP contribution in [0.15, 0.2) is 156 Å². The van der Waals surface area contributed by atoms with Crippen LogP contribution in [0.25, 0.3) is 33.7 Å². The van der Waals surface area contributed by atoms with Gasteiger partial charge in [0.05, 0.1) is 18.8 Å². The molecule has 9 heteroatoms. The molecular weight excluding hydrogens is 685 g/mol. The Bertz CT molecular complexity index is 2060. The molecule has 0 spiro atoms. The number of nitrogens with one attached hydrogen (secondary N) is 1. The van der Waals surface area contributed by atoms with Crippen molar-refractivity contribution in [3.8, 4) is 33.7 Å². The van der Waals surface area contributed by atoms with Gasteiger partial charge in [-0.05, 0) is 39.9 Å². The number of alkyl carbamates (subject to hydrolysis) is 1. The van der Waals surface area contributed by atoms with Crippen LogP contribution < -0.4 is 5.32 Å². The maximum atomic E-state index is 12.0. The summed E-state index contributed by atoms with van der Waals surface area (Å²) in [4.78, 5) is 16.9. The molecule has 7 rings (SSSR count). The van der Waals surface area contributed by atoms with Crippen molar-refractivity contribution < 1.29 is 28.5 Å². The minimum absolute atomic E-state index is 0.0215. The summed E-state index contributed by atoms with van der Waals surface area (Å²) in [5.74, 6) is 1.33. The molecule has 1 aromatic heterocycles. The van der Waals surface area contributed by atoms with Crippen LogP contribution in [-0.4, -0.2) is 34.6 Å². The summed E-state index contributed by atoms with van der Waals surface area (Å²) in [7, 11) is 0. The number of carbonyl (C=O) groups is 1. The Morgan fingerprint density at radius 2 is 1.51 bits per heavy atom. The van der Waals surface area contributed by atoms with E-state index < -0.39 is 12.4 Å². The van der Waals surface area contributed by atoms with Gasteiger partial charge in [0.25, 0.3) is 5.22 Å². The van der Waals surface area contributed by atoms with Crippen molar-refractivity contribution in [2.45, 2.75) is 43.3 Å². The molecule has 0 unspecified atom stereocenters. The fraction of sp³-hybridized carbons (Fsp3) is 0.182. The average molecular weight is 725 g/mol. The van der Waals surface area contributed by atoms with Crippen LogP contribution in [0.2, 0.25) is 0 Å². The molecule has 8 nitrogen and oxygen atoms in total. The predicted molar refractivity (Wildman–Crippen MR) is 207 cm³/mol. The summed E-state index contributed by atoms with van der Waals surface area (Å²) in [5, 5.41) is 13.0. The maximum absolute atomic E-state index is 12.0. The summed E-state index contributed by atoms with van der Waals surface area (Å²) < 4.78 is 24.8. The summed E-state index contributed by atoms with van der Waals surface area (Å²) in [6.45, 7) is 4.04. The fourth-order valence-corrected chi connectivity index (χ4v) is 7.05. The summed E-state index contributed by atoms with van der Waals surface area (Å²) in [6, 6.07) is 44.2. The van der Waals surface area contributed by atoms with Gasteiger partial charge in [-0.2, -0.15) is 0 Å². The van der Waals surface area contributed by atoms with E-state index in [9.17, 15) is 9.90 Å². The third-order valence-corrected chi connectivity index (χ3v) is 9.85. The van der Waals surface area contributed by atoms with E-state index in [2.05, 4.69) is 18.0 Å². The van der Waals surface area contributed by atoms with E-state index in [-0.39, 0.29) is 25.4 Å². The number of hydrogen-bond donors (Lipinski definition) is 2. The highest BCUT2D eigenvalue weighted by Gasteiger charge is 2.33. The largest absolute Gasteiger partial charge is 0.445 e. The quantitative estimate of drug-likeness (QED) is 0.0897. The van der Waals surface area contributed by atoms with Crippen LogP contribution in [0.3, 0.4) is 0 Å². The van der Waals surface area contributed by atoms with Gasteiger partial charge in [-0.1, -0.05) is 146 Å². The number of oxazole rings is 1. The molecule has 1 aliphatic rings. The third kappa shape index (κ3) is 9.14. The highest BCUT2D eigenvalue weighted by Crippen LogP contribution is 2.41. The van der Waals surface area contributed by atoms with Gasteiger partial charge in [0.15, 0.2) is 12.1 Å². The van der Waals surface area contributed by atoms with Gasteiger partial charge >= 0.3 is 6.09 Å². The summed E-state index contributed by atoms with van der Waals surface area (Å²) in [6.07, 6.45) is 0.605. The molecule has 0 aliphatic carbocycles. The van der Waals surface area contributed by atoms with Crippen LogP contribution in [0, 0.1) is 0 Å². The molecule has 3 atom stereocenters. The Morgan fingerprint density at radius 3 is 2.25 bits per heavy atom. The smallest absolute Gasteiger partial charge is 0.407 e. The average Bonchev–Trinajstić information content (AvgIpc) is 3.66. The summed E-state index contributed by atoms with van der Waals surface area (Å²) in [5.41, 5.74) is 8.43. The van der Waals surface area contributed by atoms with E-state index in [0.717, 1.165) is 56.0 Å². The van der Waals surface area contributed by atoms with Crippen LogP contribution in [-0.2, 0) is 27.4 Å². The molecule has 5 aromatic carbocycles. The first-order valence-electron chi connectivity index (χ1n) is 17.5. The number of aliphatic hydroxyl groups excluding tert-OH is 1. The lowest BCUT2D eigenvalue weighted by molar-refractivity contribution is -0.245. The number of ether oxygens (including phenoxy) is 3. The molecular formula is C44H40N2O6S. The number of hydrogen-bond acceptors (Lipinski definition) is 8. The molecule has 0 saturated carbocycles. The lowest BCUT2D eigenvalue weighted by atomic mass is 9.99. The van der Waals surface area contributed by atoms with Gasteiger partial charge in [-0.3, -0.25) is 0 Å². The van der Waals surface area contributed by atoms with E-state index in [4.69, 9.17) is 23.6 Å². The first kappa shape index (κ1) is 35.9. The van der Waals surface area contributed by atoms with Crippen molar-refractivity contribution in [1.29, 1.82) is 0 Å². The molecule has 0 radical (unpaired) electrons. The number of rotatable bonds is 13. The first-order chi connectivity index (χ1) is 26.1. The second kappa shape index (κ2) is 17.4. The molecule has 1 fully saturated rings. The van der Waals surface area contributed by atoms with Crippen LogP contribution in [0.1, 0.15) is 41.1 Å². The minimum atomic E-state index is -0.634. The third-order valence-electron chi connectivity index (χ3n) is 8.89. The number of aliphatic hydroxyl groups is 1. The van der Waals surface area contributed by atoms with E-state index in [1.54, 1.807) is 0 Å². The number of aromatic nitrogens is 1. The van der Waals surface area contributed by atoms with Gasteiger partial charge in [0.2, 0.25) is 0 Å². The standard InChI is InChI=1S/C44H40N2O6S/c1-2-23-49-43(48)45-27-31-11-9-16-35(24-31)36-17-10-18-37(25-36)42-50-38(26-39(51-42)32-21-19-30(28-47)20-22-32)29-53-44-46-40(33-12-5-3-6-13-33)41(52-44)34-14-7-4-8-15-34/h2-22,24-25,38-39,42,47H,1,23,26-29H2,(H,45,48)/t38-,39+,42+/m0/s1. The van der Waals surface area contributed by atoms with Crippen molar-refractivity contribution in [3.05, 3.63) is 168 Å². The van der Waals surface area contributed by atoms with Gasteiger partial charge < -0.3 is 29.1 Å². The monoisotopic (exact) mass is 724 g/mol. The molecule has 2 heterocycles. The predicted octanol–water partition coefficient (Wildman–Crippen LogP) is 9.92. The molecule has 1 saturated heterocycles. The van der Waals surface area contributed by atoms with Crippen molar-refractivity contribution in [2.75, 3.05) is 12.4 Å². The maximum Gasteiger partial charge on any atom is 0.407 e. The normalized spacial score (nSPS) is 16.9. The minimum Gasteiger partial charge on any atom is -0.445 e. The zero-order valence-electron chi connectivity index (χ0n) is 29.1. The Kier molecular flexibility index (Phi) is 11.8. The second-order valence-electron chi connectivity index (χ2n) is 12.6. The van der Waals surface area contributed by atoms with Crippen molar-refractivity contribution in [1.82, 2.24) is 10.3 Å². The van der Waals surface area contributed by atoms with E-state index in [1.165, 1.54) is 17.8 Å². The molecule has 1 aliphatic heterocycles. The van der Waals surface area contributed by atoms with Crippen LogP contribution >= 0.6 is 11.8 Å². The lowest BCUT2D eigenvalue weighted by Gasteiger charge is -2.36. The Labute approximate surface area is 313 Å². The Balaban J connectivity index is 1.12. The van der Waals surface area contributed by atoms with Crippen molar-refractivity contribution in [2.24, 2.45) is 0 Å². The van der Waals surface area contributed by atoms with Crippen molar-refractivity contribution >= 4 is 17.9 Å². The van der Waals surface area contributed by atoms with Crippen LogP contribution in [0.5, 0.6) is 0 Å². The van der Waals surface area contributed by atoms with Gasteiger partial charge in [-0.25, -0.2) is 9.78 Å². The molecule has 0 bridgehead atoms. The topological polar surface area (TPSA) is 103 Å². The van der Waals surface area contributed by atoms with Crippen molar-refractivity contribution in [3.63, 3.8) is 0 Å². The Morgan fingerprint density at radius 1 is 0.811 bits per heavy atom. The van der Waals surface area contributed by atoms with Gasteiger partial charge in [-0.15, -0.1) is 0 Å². The molecule has 53 heavy (non-hydrogen) atoms. The molecule has 2 N–H and O–H groups in total. The lowest BCUT2D eigenvalue weighted by Crippen LogP contribution is -2.31. The second-order valence-corrected chi connectivity index (χ2v) is 13.6. The molecule has 268 valence electrons. The number of benzene rings is 5. The van der Waals surface area contributed by atoms with E-state index >= 15 is 0 Å². The SMILES string of the molecule is C=CCOC(=O)NCc1cccc(-c2cccc([C@@H]3O[C@H](CSc4nc(-c5ccccc5)c(-c5ccccc5)o4)C[C@H](c4ccc(CO)cc4)O3)c2)c1. The number of carbonyl (C=O) groups excluding carboxylic acids is 1. The zero-order valence-corrected chi connectivity index (χ0v) is 29.9. The Hall–Kier alpha value is -5.45. The number of thioether (sulfide) groups is 1. The molecule has 6 aromatic rings.